The van der Waals surface area contributed by atoms with Crippen molar-refractivity contribution >= 4 is 0 Å². The van der Waals surface area contributed by atoms with Gasteiger partial charge >= 0.3 is 0 Å². The van der Waals surface area contributed by atoms with E-state index in [9.17, 15) is 0 Å². The predicted octanol–water partition coefficient (Wildman–Crippen LogP) is 2.28. The van der Waals surface area contributed by atoms with E-state index in [1.807, 2.05) is 20.0 Å². The molecule has 0 saturated heterocycles. The molecule has 0 fully saturated rings. The molecule has 0 saturated carbocycles. The largest absolute Gasteiger partial charge is 0.473 e. The zero-order valence-electron chi connectivity index (χ0n) is 11.5. The monoisotopic (exact) mass is 239 g/mol. The van der Waals surface area contributed by atoms with E-state index < -0.39 is 0 Å². The second-order valence-electron chi connectivity index (χ2n) is 4.48. The molecular formula is C13H25N3O. The molecule has 98 valence electrons. The van der Waals surface area contributed by atoms with Crippen LogP contribution >= 0.6 is 0 Å². The lowest BCUT2D eigenvalue weighted by molar-refractivity contribution is 0.171. The summed E-state index contributed by atoms with van der Waals surface area (Å²) in [7, 11) is 1.92. The van der Waals surface area contributed by atoms with E-state index in [0.29, 0.717) is 0 Å². The molecule has 0 radical (unpaired) electrons. The van der Waals surface area contributed by atoms with Crippen molar-refractivity contribution in [3.05, 3.63) is 11.8 Å². The summed E-state index contributed by atoms with van der Waals surface area (Å²) in [4.78, 5) is 0. The minimum absolute atomic E-state index is 0.237. The van der Waals surface area contributed by atoms with Gasteiger partial charge in [0.05, 0.1) is 5.69 Å². The van der Waals surface area contributed by atoms with Crippen LogP contribution in [-0.2, 0) is 7.05 Å². The van der Waals surface area contributed by atoms with E-state index in [2.05, 4.69) is 24.3 Å². The maximum Gasteiger partial charge on any atom is 0.212 e. The van der Waals surface area contributed by atoms with Crippen molar-refractivity contribution < 1.29 is 4.74 Å². The van der Waals surface area contributed by atoms with Crippen molar-refractivity contribution in [2.75, 3.05) is 13.1 Å². The molecule has 1 N–H and O–H groups in total. The number of aromatic nitrogens is 2. The molecular weight excluding hydrogens is 214 g/mol. The van der Waals surface area contributed by atoms with Crippen LogP contribution in [0.2, 0.25) is 0 Å². The third-order valence-corrected chi connectivity index (χ3v) is 2.66. The SMILES string of the molecule is CCCNCC(CCC)Oc1cc(C)nn1C. The summed E-state index contributed by atoms with van der Waals surface area (Å²) in [6, 6.07) is 1.99. The second kappa shape index (κ2) is 7.33. The van der Waals surface area contributed by atoms with Crippen molar-refractivity contribution in [1.82, 2.24) is 15.1 Å². The normalized spacial score (nSPS) is 12.7. The molecule has 1 aromatic rings. The van der Waals surface area contributed by atoms with E-state index in [4.69, 9.17) is 4.74 Å². The van der Waals surface area contributed by atoms with Crippen LogP contribution in [0, 0.1) is 6.92 Å². The van der Waals surface area contributed by atoms with Crippen molar-refractivity contribution in [3.8, 4) is 5.88 Å². The molecule has 0 aliphatic carbocycles. The minimum Gasteiger partial charge on any atom is -0.473 e. The minimum atomic E-state index is 0.237. The molecule has 0 aliphatic rings. The molecule has 0 bridgehead atoms. The van der Waals surface area contributed by atoms with Gasteiger partial charge in [-0.25, -0.2) is 4.68 Å². The third-order valence-electron chi connectivity index (χ3n) is 2.66. The zero-order valence-corrected chi connectivity index (χ0v) is 11.5. The number of nitrogens with zero attached hydrogens (tertiary/aromatic N) is 2. The smallest absolute Gasteiger partial charge is 0.212 e. The summed E-state index contributed by atoms with van der Waals surface area (Å²) >= 11 is 0. The summed E-state index contributed by atoms with van der Waals surface area (Å²) in [6.07, 6.45) is 3.60. The van der Waals surface area contributed by atoms with E-state index in [-0.39, 0.29) is 6.10 Å². The van der Waals surface area contributed by atoms with Crippen molar-refractivity contribution in [1.29, 1.82) is 0 Å². The van der Waals surface area contributed by atoms with Crippen molar-refractivity contribution in [2.45, 2.75) is 46.1 Å². The number of aryl methyl sites for hydroxylation is 2. The van der Waals surface area contributed by atoms with Crippen LogP contribution in [0.5, 0.6) is 5.88 Å². The standard InChI is InChI=1S/C13H25N3O/c1-5-7-12(10-14-8-6-2)17-13-9-11(3)15-16(13)4/h9,12,14H,5-8,10H2,1-4H3. The Labute approximate surface area is 104 Å². The van der Waals surface area contributed by atoms with Gasteiger partial charge in [0.15, 0.2) is 0 Å². The van der Waals surface area contributed by atoms with Crippen molar-refractivity contribution in [3.63, 3.8) is 0 Å². The molecule has 1 unspecified atom stereocenters. The van der Waals surface area contributed by atoms with Crippen LogP contribution in [0.3, 0.4) is 0 Å². The molecule has 0 spiro atoms. The van der Waals surface area contributed by atoms with Crippen LogP contribution in [0.1, 0.15) is 38.8 Å². The fourth-order valence-electron chi connectivity index (χ4n) is 1.83. The first-order valence-corrected chi connectivity index (χ1v) is 6.55. The number of nitrogens with one attached hydrogen (secondary N) is 1. The lowest BCUT2D eigenvalue weighted by atomic mass is 10.2. The second-order valence-corrected chi connectivity index (χ2v) is 4.48. The molecule has 4 heteroatoms. The highest BCUT2D eigenvalue weighted by atomic mass is 16.5. The molecule has 1 atom stereocenters. The Hall–Kier alpha value is -1.03. The van der Waals surface area contributed by atoms with Crippen molar-refractivity contribution in [2.24, 2.45) is 7.05 Å². The number of ether oxygens (including phenoxy) is 1. The van der Waals surface area contributed by atoms with E-state index >= 15 is 0 Å². The molecule has 1 rings (SSSR count). The van der Waals surface area contributed by atoms with Gasteiger partial charge in [-0.1, -0.05) is 20.3 Å². The Balaban J connectivity index is 2.50. The summed E-state index contributed by atoms with van der Waals surface area (Å²) in [5.41, 5.74) is 0.999. The van der Waals surface area contributed by atoms with Gasteiger partial charge in [0.25, 0.3) is 0 Å². The fourth-order valence-corrected chi connectivity index (χ4v) is 1.83. The van der Waals surface area contributed by atoms with Gasteiger partial charge < -0.3 is 10.1 Å². The average Bonchev–Trinajstić information content (AvgIpc) is 2.58. The first-order valence-electron chi connectivity index (χ1n) is 6.55. The molecule has 1 heterocycles. The zero-order chi connectivity index (χ0) is 12.7. The fraction of sp³-hybridized carbons (Fsp3) is 0.769. The van der Waals surface area contributed by atoms with E-state index in [1.165, 1.54) is 0 Å². The number of hydrogen-bond donors (Lipinski definition) is 1. The number of rotatable bonds is 8. The Bertz CT molecular complexity index is 322. The van der Waals surface area contributed by atoms with Crippen LogP contribution in [0.4, 0.5) is 0 Å². The molecule has 0 aromatic carbocycles. The van der Waals surface area contributed by atoms with Crippen LogP contribution in [0.15, 0.2) is 6.07 Å². The lowest BCUT2D eigenvalue weighted by Crippen LogP contribution is -2.32. The van der Waals surface area contributed by atoms with E-state index in [1.54, 1.807) is 4.68 Å². The molecule has 4 nitrogen and oxygen atoms in total. The summed E-state index contributed by atoms with van der Waals surface area (Å²) in [6.45, 7) is 8.30. The lowest BCUT2D eigenvalue weighted by Gasteiger charge is -2.18. The predicted molar refractivity (Wildman–Crippen MR) is 70.4 cm³/mol. The van der Waals surface area contributed by atoms with Crippen LogP contribution < -0.4 is 10.1 Å². The number of hydrogen-bond acceptors (Lipinski definition) is 3. The summed E-state index contributed by atoms with van der Waals surface area (Å²) in [5.74, 6) is 0.860. The molecule has 0 aliphatic heterocycles. The quantitative estimate of drug-likeness (QED) is 0.707. The molecule has 1 aromatic heterocycles. The van der Waals surface area contributed by atoms with Gasteiger partial charge in [-0.3, -0.25) is 0 Å². The van der Waals surface area contributed by atoms with Crippen LogP contribution in [-0.4, -0.2) is 29.0 Å². The molecule has 0 amide bonds. The first-order chi connectivity index (χ1) is 8.17. The van der Waals surface area contributed by atoms with Crippen LogP contribution in [0.25, 0.3) is 0 Å². The maximum atomic E-state index is 5.99. The van der Waals surface area contributed by atoms with E-state index in [0.717, 1.165) is 43.9 Å². The van der Waals surface area contributed by atoms with Gasteiger partial charge in [-0.05, 0) is 26.3 Å². The highest BCUT2D eigenvalue weighted by molar-refractivity contribution is 5.14. The van der Waals surface area contributed by atoms with Gasteiger partial charge in [0, 0.05) is 19.7 Å². The topological polar surface area (TPSA) is 39.1 Å². The van der Waals surface area contributed by atoms with Gasteiger partial charge in [0.2, 0.25) is 5.88 Å². The van der Waals surface area contributed by atoms with Gasteiger partial charge in [0.1, 0.15) is 6.10 Å². The third kappa shape index (κ3) is 4.77. The van der Waals surface area contributed by atoms with Gasteiger partial charge in [-0.15, -0.1) is 0 Å². The Morgan fingerprint density at radius 3 is 2.71 bits per heavy atom. The maximum absolute atomic E-state index is 5.99. The highest BCUT2D eigenvalue weighted by Crippen LogP contribution is 2.14. The Morgan fingerprint density at radius 2 is 2.18 bits per heavy atom. The Kier molecular flexibility index (Phi) is 6.05. The van der Waals surface area contributed by atoms with Gasteiger partial charge in [-0.2, -0.15) is 5.10 Å². The summed E-state index contributed by atoms with van der Waals surface area (Å²) < 4.78 is 7.79. The highest BCUT2D eigenvalue weighted by Gasteiger charge is 2.12. The molecule has 17 heavy (non-hydrogen) atoms. The summed E-state index contributed by atoms with van der Waals surface area (Å²) in [5, 5.41) is 7.70. The average molecular weight is 239 g/mol. The Morgan fingerprint density at radius 1 is 1.41 bits per heavy atom. The first kappa shape index (κ1) is 14.0.